The molecule has 33 heavy (non-hydrogen) atoms. The third-order valence-electron chi connectivity index (χ3n) is 4.25. The number of carboxylic acid groups (broad SMARTS) is 1. The SMILES string of the molecule is NC(N)=NCCCC(N)C(=O)O.O=P(O)(OCC(O)CO)OC1[C@@H](O)[C@H](O)C(O)[C@H](O)[C@@H]1O. The summed E-state index contributed by atoms with van der Waals surface area (Å²) >= 11 is 0. The molecular formula is C15H33N4O13P. The van der Waals surface area contributed by atoms with Crippen LogP contribution in [0.4, 0.5) is 0 Å². The number of aliphatic hydroxyl groups is 7. The van der Waals surface area contributed by atoms with Gasteiger partial charge in [0.15, 0.2) is 5.96 Å². The fourth-order valence-electron chi connectivity index (χ4n) is 2.38. The number of nitrogens with zero attached hydrogens (tertiary/aromatic N) is 1. The molecular weight excluding hydrogens is 475 g/mol. The Morgan fingerprint density at radius 2 is 1.52 bits per heavy atom. The Bertz CT molecular complexity index is 652. The van der Waals surface area contributed by atoms with Gasteiger partial charge in [0.2, 0.25) is 0 Å². The maximum absolute atomic E-state index is 11.6. The lowest BCUT2D eigenvalue weighted by Crippen LogP contribution is -2.64. The fourth-order valence-corrected chi connectivity index (χ4v) is 3.36. The molecule has 0 heterocycles. The zero-order valence-electron chi connectivity index (χ0n) is 17.4. The molecule has 0 saturated heterocycles. The van der Waals surface area contributed by atoms with Crippen molar-refractivity contribution >= 4 is 19.8 Å². The third kappa shape index (κ3) is 11.5. The molecule has 0 amide bonds. The van der Waals surface area contributed by atoms with Gasteiger partial charge >= 0.3 is 13.8 Å². The maximum Gasteiger partial charge on any atom is 0.472 e. The van der Waals surface area contributed by atoms with Crippen LogP contribution in [0, 0.1) is 0 Å². The first-order valence-electron chi connectivity index (χ1n) is 9.53. The van der Waals surface area contributed by atoms with E-state index >= 15 is 0 Å². The minimum absolute atomic E-state index is 0.0129. The van der Waals surface area contributed by atoms with E-state index in [0.29, 0.717) is 19.4 Å². The van der Waals surface area contributed by atoms with E-state index in [1.54, 1.807) is 0 Å². The van der Waals surface area contributed by atoms with Gasteiger partial charge in [0, 0.05) is 6.54 Å². The molecule has 0 bridgehead atoms. The van der Waals surface area contributed by atoms with Gasteiger partial charge in [-0.1, -0.05) is 0 Å². The van der Waals surface area contributed by atoms with Crippen LogP contribution < -0.4 is 17.2 Å². The first-order chi connectivity index (χ1) is 15.1. The van der Waals surface area contributed by atoms with Crippen molar-refractivity contribution in [3.8, 4) is 0 Å². The monoisotopic (exact) mass is 508 g/mol. The van der Waals surface area contributed by atoms with Crippen LogP contribution in [0.1, 0.15) is 12.8 Å². The van der Waals surface area contributed by atoms with Gasteiger partial charge in [-0.2, -0.15) is 0 Å². The molecule has 0 aromatic heterocycles. The molecule has 0 aliphatic heterocycles. The van der Waals surface area contributed by atoms with Crippen LogP contribution in [0.2, 0.25) is 0 Å². The number of carbonyl (C=O) groups is 1. The predicted octanol–water partition coefficient (Wildman–Crippen LogP) is -5.89. The number of carboxylic acids is 1. The number of phosphoric acid groups is 1. The van der Waals surface area contributed by atoms with E-state index < -0.39 is 75.8 Å². The maximum atomic E-state index is 11.6. The van der Waals surface area contributed by atoms with Crippen molar-refractivity contribution in [3.05, 3.63) is 0 Å². The molecule has 1 fully saturated rings. The first kappa shape index (κ1) is 31.5. The lowest BCUT2D eigenvalue weighted by atomic mass is 9.85. The minimum Gasteiger partial charge on any atom is -0.480 e. The molecule has 1 aliphatic carbocycles. The van der Waals surface area contributed by atoms with Gasteiger partial charge in [-0.05, 0) is 12.8 Å². The first-order valence-corrected chi connectivity index (χ1v) is 11.0. The van der Waals surface area contributed by atoms with E-state index in [-0.39, 0.29) is 5.96 Å². The van der Waals surface area contributed by atoms with E-state index in [9.17, 15) is 39.8 Å². The van der Waals surface area contributed by atoms with Gasteiger partial charge < -0.3 is 62.9 Å². The quantitative estimate of drug-likeness (QED) is 0.0534. The fraction of sp³-hybridized carbons (Fsp3) is 0.867. The van der Waals surface area contributed by atoms with Crippen molar-refractivity contribution in [2.45, 2.75) is 61.6 Å². The number of aliphatic hydroxyl groups excluding tert-OH is 7. The largest absolute Gasteiger partial charge is 0.480 e. The summed E-state index contributed by atoms with van der Waals surface area (Å²) in [4.78, 5) is 23.3. The van der Waals surface area contributed by atoms with Crippen LogP contribution in [-0.4, -0.2) is 126 Å². The summed E-state index contributed by atoms with van der Waals surface area (Å²) in [6.07, 6.45) is -12.1. The molecule has 1 aliphatic rings. The Morgan fingerprint density at radius 1 is 1.03 bits per heavy atom. The smallest absolute Gasteiger partial charge is 0.472 e. The zero-order chi connectivity index (χ0) is 25.9. The number of nitrogens with two attached hydrogens (primary N) is 3. The Labute approximate surface area is 188 Å². The molecule has 0 radical (unpaired) electrons. The van der Waals surface area contributed by atoms with Crippen LogP contribution in [-0.2, 0) is 18.4 Å². The molecule has 1 saturated carbocycles. The van der Waals surface area contributed by atoms with Crippen molar-refractivity contribution in [1.29, 1.82) is 0 Å². The van der Waals surface area contributed by atoms with Gasteiger partial charge in [0.05, 0.1) is 13.2 Å². The van der Waals surface area contributed by atoms with E-state index in [1.807, 2.05) is 0 Å². The average Bonchev–Trinajstić information content (AvgIpc) is 2.75. The molecule has 17 nitrogen and oxygen atoms in total. The van der Waals surface area contributed by atoms with Crippen LogP contribution in [0.25, 0.3) is 0 Å². The Morgan fingerprint density at radius 3 is 1.94 bits per heavy atom. The molecule has 5 unspecified atom stereocenters. The van der Waals surface area contributed by atoms with Gasteiger partial charge in [-0.3, -0.25) is 18.8 Å². The Hall–Kier alpha value is -1.47. The molecule has 1 rings (SSSR count). The number of aliphatic carboxylic acids is 1. The highest BCUT2D eigenvalue weighted by molar-refractivity contribution is 7.47. The highest BCUT2D eigenvalue weighted by Crippen LogP contribution is 2.46. The van der Waals surface area contributed by atoms with Crippen LogP contribution in [0.15, 0.2) is 4.99 Å². The van der Waals surface area contributed by atoms with E-state index in [0.717, 1.165) is 0 Å². The van der Waals surface area contributed by atoms with Gasteiger partial charge in [-0.15, -0.1) is 0 Å². The molecule has 15 N–H and O–H groups in total. The summed E-state index contributed by atoms with van der Waals surface area (Å²) in [7, 11) is -4.87. The summed E-state index contributed by atoms with van der Waals surface area (Å²) in [6, 6.07) is -0.820. The normalized spacial score (nSPS) is 30.8. The Kier molecular flexibility index (Phi) is 14.1. The van der Waals surface area contributed by atoms with E-state index in [4.69, 9.17) is 32.5 Å². The third-order valence-corrected chi connectivity index (χ3v) is 5.24. The summed E-state index contributed by atoms with van der Waals surface area (Å²) in [6.45, 7) is -1.08. The van der Waals surface area contributed by atoms with Crippen molar-refractivity contribution in [2.75, 3.05) is 19.8 Å². The minimum atomic E-state index is -4.87. The molecule has 0 spiro atoms. The molecule has 0 aromatic carbocycles. The predicted molar refractivity (Wildman–Crippen MR) is 109 cm³/mol. The number of phosphoric ester groups is 1. The lowest BCUT2D eigenvalue weighted by Gasteiger charge is -2.41. The van der Waals surface area contributed by atoms with Crippen LogP contribution in [0.3, 0.4) is 0 Å². The van der Waals surface area contributed by atoms with Crippen molar-refractivity contribution in [1.82, 2.24) is 0 Å². The van der Waals surface area contributed by atoms with E-state index in [1.165, 1.54) is 0 Å². The standard InChI is InChI=1S/C9H19O11P.C6H14N4O2/c10-1-3(11)2-19-21(17,18)20-9-7(15)5(13)4(12)6(14)8(9)16;7-4(5(11)12)2-1-3-10-6(8)9/h3-16H,1-2H2,(H,17,18);4H,1-3,7H2,(H,11,12)(H4,8,9,10)/t3?,4?,5-,6+,7-,8-,9?;/m0./s1. The number of guanidine groups is 1. The number of aliphatic imine (C=N–C) groups is 1. The second-order valence-electron chi connectivity index (χ2n) is 7.02. The highest BCUT2D eigenvalue weighted by Gasteiger charge is 2.51. The molecule has 0 aromatic rings. The number of rotatable bonds is 11. The van der Waals surface area contributed by atoms with Crippen molar-refractivity contribution in [2.24, 2.45) is 22.2 Å². The van der Waals surface area contributed by atoms with Gasteiger partial charge in [-0.25, -0.2) is 4.57 Å². The summed E-state index contributed by atoms with van der Waals surface area (Å²) in [5.74, 6) is -0.987. The van der Waals surface area contributed by atoms with E-state index in [2.05, 4.69) is 14.0 Å². The zero-order valence-corrected chi connectivity index (χ0v) is 18.3. The summed E-state index contributed by atoms with van der Waals surface area (Å²) in [5.41, 5.74) is 15.3. The summed E-state index contributed by atoms with van der Waals surface area (Å²) < 4.78 is 20.3. The van der Waals surface area contributed by atoms with Crippen LogP contribution >= 0.6 is 7.82 Å². The number of hydrogen-bond donors (Lipinski definition) is 12. The number of hydrogen-bond acceptors (Lipinski definition) is 13. The Balaban J connectivity index is 0.000000728. The second-order valence-corrected chi connectivity index (χ2v) is 8.42. The summed E-state index contributed by atoms with van der Waals surface area (Å²) in [5, 5.41) is 73.2. The molecule has 196 valence electrons. The lowest BCUT2D eigenvalue weighted by molar-refractivity contribution is -0.220. The second kappa shape index (κ2) is 14.7. The topological polar surface area (TPSA) is 325 Å². The average molecular weight is 508 g/mol. The molecule has 18 heteroatoms. The van der Waals surface area contributed by atoms with Crippen molar-refractivity contribution < 1.29 is 64.2 Å². The van der Waals surface area contributed by atoms with Gasteiger partial charge in [0.25, 0.3) is 0 Å². The van der Waals surface area contributed by atoms with Gasteiger partial charge in [0.1, 0.15) is 48.8 Å². The van der Waals surface area contributed by atoms with Crippen LogP contribution in [0.5, 0.6) is 0 Å². The molecule has 9 atom stereocenters. The highest BCUT2D eigenvalue weighted by atomic mass is 31.2. The van der Waals surface area contributed by atoms with Crippen molar-refractivity contribution in [3.63, 3.8) is 0 Å².